The predicted molar refractivity (Wildman–Crippen MR) is 230 cm³/mol. The monoisotopic (exact) mass is 703 g/mol. The Morgan fingerprint density at radius 3 is 1.19 bits per heavy atom. The van der Waals surface area contributed by atoms with E-state index < -0.39 is 7.26 Å². The van der Waals surface area contributed by atoms with Crippen molar-refractivity contribution in [3.63, 3.8) is 0 Å². The summed E-state index contributed by atoms with van der Waals surface area (Å²) in [5.41, 5.74) is 5.33. The first-order valence-electron chi connectivity index (χ1n) is 18.9. The van der Waals surface area contributed by atoms with E-state index in [1.54, 1.807) is 0 Å². The van der Waals surface area contributed by atoms with Gasteiger partial charge in [0.25, 0.3) is 0 Å². The van der Waals surface area contributed by atoms with Gasteiger partial charge >= 0.3 is 0 Å². The molecule has 0 saturated carbocycles. The minimum Gasteiger partial charge on any atom is -0.345 e. The fraction of sp³-hybridized carbons (Fsp3) is 0.120. The largest absolute Gasteiger partial charge is 0.345 e. The van der Waals surface area contributed by atoms with Gasteiger partial charge in [-0.2, -0.15) is 0 Å². The summed E-state index contributed by atoms with van der Waals surface area (Å²) in [6, 6.07) is 74.5. The first kappa shape index (κ1) is 33.2. The van der Waals surface area contributed by atoms with Crippen molar-refractivity contribution in [2.24, 2.45) is 0 Å². The molecule has 0 saturated heterocycles. The van der Waals surface area contributed by atoms with Crippen molar-refractivity contribution >= 4 is 56.1 Å². The molecule has 8 aromatic rings. The summed E-state index contributed by atoms with van der Waals surface area (Å²) in [5.74, 6) is 0. The summed E-state index contributed by atoms with van der Waals surface area (Å²) in [5, 5.41) is 9.52. The molecule has 8 aromatic carbocycles. The molecule has 1 heterocycles. The van der Waals surface area contributed by atoms with Gasteiger partial charge in [0.2, 0.25) is 0 Å². The first-order chi connectivity index (χ1) is 26.3. The van der Waals surface area contributed by atoms with E-state index in [4.69, 9.17) is 0 Å². The Balaban J connectivity index is 1.11. The van der Waals surface area contributed by atoms with Gasteiger partial charge in [0.05, 0.1) is 17.5 Å². The summed E-state index contributed by atoms with van der Waals surface area (Å²) in [4.78, 5) is 5.38. The number of hydrogen-bond donors (Lipinski definition) is 0. The van der Waals surface area contributed by atoms with Gasteiger partial charge in [0.15, 0.2) is 0 Å². The molecular formula is C50H44N2P+. The lowest BCUT2D eigenvalue weighted by Gasteiger charge is -2.34. The highest BCUT2D eigenvalue weighted by atomic mass is 31.2. The van der Waals surface area contributed by atoms with Crippen LogP contribution in [0.2, 0.25) is 0 Å². The number of rotatable bonds is 11. The Morgan fingerprint density at radius 2 is 0.755 bits per heavy atom. The summed E-state index contributed by atoms with van der Waals surface area (Å²) in [6.07, 6.45) is 3.44. The van der Waals surface area contributed by atoms with Crippen molar-refractivity contribution in [3.8, 4) is 0 Å². The van der Waals surface area contributed by atoms with E-state index >= 15 is 0 Å². The summed E-state index contributed by atoms with van der Waals surface area (Å²) < 4.78 is 0. The van der Waals surface area contributed by atoms with Gasteiger partial charge in [-0.05, 0) is 106 Å². The van der Waals surface area contributed by atoms with Crippen LogP contribution in [0.3, 0.4) is 0 Å². The summed E-state index contributed by atoms with van der Waals surface area (Å²) in [7, 11) is -1.95. The number of nitrogens with zero attached hydrogens (tertiary/aromatic N) is 2. The lowest BCUT2D eigenvalue weighted by atomic mass is 10.1. The minimum absolute atomic E-state index is 0.203. The van der Waals surface area contributed by atoms with Gasteiger partial charge < -0.3 is 9.80 Å². The zero-order valence-electron chi connectivity index (χ0n) is 30.0. The Labute approximate surface area is 314 Å². The normalized spacial score (nSPS) is 13.1. The van der Waals surface area contributed by atoms with Crippen LogP contribution in [0.5, 0.6) is 0 Å². The van der Waals surface area contributed by atoms with Crippen LogP contribution in [0.1, 0.15) is 24.0 Å². The van der Waals surface area contributed by atoms with Crippen molar-refractivity contribution in [1.82, 2.24) is 0 Å². The number of benzene rings is 8. The second-order valence-electron chi connectivity index (χ2n) is 14.3. The molecule has 0 amide bonds. The molecule has 1 aliphatic heterocycles. The molecule has 2 nitrogen and oxygen atoms in total. The Morgan fingerprint density at radius 1 is 0.377 bits per heavy atom. The Kier molecular flexibility index (Phi) is 9.22. The van der Waals surface area contributed by atoms with Gasteiger partial charge in [-0.15, -0.1) is 0 Å². The van der Waals surface area contributed by atoms with Crippen LogP contribution in [0.4, 0.5) is 11.4 Å². The van der Waals surface area contributed by atoms with Gasteiger partial charge in [0, 0.05) is 13.1 Å². The first-order valence-corrected chi connectivity index (χ1v) is 20.9. The lowest BCUT2D eigenvalue weighted by molar-refractivity contribution is 0.532. The molecule has 0 aliphatic carbocycles. The third-order valence-corrected chi connectivity index (χ3v) is 15.6. The Hall–Kier alpha value is -5.69. The Bertz CT molecular complexity index is 2260. The van der Waals surface area contributed by atoms with Gasteiger partial charge in [-0.25, -0.2) is 0 Å². The van der Waals surface area contributed by atoms with Crippen molar-refractivity contribution < 1.29 is 0 Å². The maximum Gasteiger partial charge on any atom is 0.112 e. The van der Waals surface area contributed by atoms with Gasteiger partial charge in [-0.1, -0.05) is 140 Å². The van der Waals surface area contributed by atoms with Gasteiger partial charge in [-0.3, -0.25) is 0 Å². The van der Waals surface area contributed by atoms with Gasteiger partial charge in [0.1, 0.15) is 29.3 Å². The molecule has 9 rings (SSSR count). The maximum absolute atomic E-state index is 2.69. The lowest BCUT2D eigenvalue weighted by Crippen LogP contribution is -2.43. The fourth-order valence-electron chi connectivity index (χ4n) is 8.59. The van der Waals surface area contributed by atoms with E-state index in [-0.39, 0.29) is 6.17 Å². The second kappa shape index (κ2) is 14.7. The average molecular weight is 704 g/mol. The SMILES string of the molecule is c1ccc([P+](CCCC2N(Cc3ccc4ccccc4c3)c3ccccc3N2Cc2ccc3ccccc3c2)(c2ccccc2)c2ccccc2)cc1. The van der Waals surface area contributed by atoms with E-state index in [9.17, 15) is 0 Å². The molecule has 258 valence electrons. The highest BCUT2D eigenvalue weighted by Crippen LogP contribution is 2.56. The van der Waals surface area contributed by atoms with E-state index in [1.807, 2.05) is 0 Å². The van der Waals surface area contributed by atoms with Crippen molar-refractivity contribution in [2.45, 2.75) is 32.1 Å². The summed E-state index contributed by atoms with van der Waals surface area (Å²) in [6.45, 7) is 1.72. The van der Waals surface area contributed by atoms with Crippen molar-refractivity contribution in [1.29, 1.82) is 0 Å². The van der Waals surface area contributed by atoms with Crippen LogP contribution in [-0.2, 0) is 13.1 Å². The van der Waals surface area contributed by atoms with Crippen LogP contribution in [0.15, 0.2) is 200 Å². The molecule has 0 bridgehead atoms. The molecule has 0 N–H and O–H groups in total. The molecule has 0 radical (unpaired) electrons. The maximum atomic E-state index is 2.69. The number of hydrogen-bond acceptors (Lipinski definition) is 2. The molecule has 0 atom stereocenters. The van der Waals surface area contributed by atoms with E-state index in [1.165, 1.54) is 60.0 Å². The van der Waals surface area contributed by atoms with E-state index in [0.29, 0.717) is 0 Å². The molecule has 53 heavy (non-hydrogen) atoms. The van der Waals surface area contributed by atoms with Crippen LogP contribution < -0.4 is 25.7 Å². The highest BCUT2D eigenvalue weighted by Gasteiger charge is 2.45. The topological polar surface area (TPSA) is 6.48 Å². The van der Waals surface area contributed by atoms with E-state index in [2.05, 4.69) is 210 Å². The van der Waals surface area contributed by atoms with Crippen molar-refractivity contribution in [3.05, 3.63) is 211 Å². The number of fused-ring (bicyclic) bond motifs is 3. The van der Waals surface area contributed by atoms with E-state index in [0.717, 1.165) is 32.1 Å². The third-order valence-electron chi connectivity index (χ3n) is 11.1. The molecule has 1 aliphatic rings. The molecule has 0 aromatic heterocycles. The zero-order chi connectivity index (χ0) is 35.5. The standard InChI is InChI=1S/C50H44N2P/c1-4-21-45(22-5-1)53(46-23-6-2-7-24-46,47-25-8-3-9-26-47)34-16-29-50-51(37-39-30-32-41-17-10-12-19-43(41)35-39)48-27-14-15-28-49(48)52(50)38-40-31-33-42-18-11-13-20-44(42)36-40/h1-15,17-28,30-33,35-36,50H,16,29,34,37-38H2/q+1. The van der Waals surface area contributed by atoms with Crippen LogP contribution in [0.25, 0.3) is 21.5 Å². The quantitative estimate of drug-likeness (QED) is 0.124. The predicted octanol–water partition coefficient (Wildman–Crippen LogP) is 11.1. The van der Waals surface area contributed by atoms with Crippen LogP contribution >= 0.6 is 7.26 Å². The van der Waals surface area contributed by atoms with Crippen molar-refractivity contribution in [2.75, 3.05) is 16.0 Å². The van der Waals surface area contributed by atoms with Crippen LogP contribution in [-0.4, -0.2) is 12.3 Å². The number of para-hydroxylation sites is 2. The fourth-order valence-corrected chi connectivity index (χ4v) is 13.0. The van der Waals surface area contributed by atoms with Crippen LogP contribution in [0, 0.1) is 0 Å². The highest BCUT2D eigenvalue weighted by molar-refractivity contribution is 7.95. The second-order valence-corrected chi connectivity index (χ2v) is 17.9. The zero-order valence-corrected chi connectivity index (χ0v) is 30.9. The molecule has 3 heteroatoms. The molecule has 0 spiro atoms. The summed E-state index contributed by atoms with van der Waals surface area (Å²) >= 11 is 0. The molecular weight excluding hydrogens is 660 g/mol. The third kappa shape index (κ3) is 6.50. The average Bonchev–Trinajstić information content (AvgIpc) is 3.51. The smallest absolute Gasteiger partial charge is 0.112 e. The molecule has 0 unspecified atom stereocenters. The minimum atomic E-state index is -1.95. The molecule has 0 fully saturated rings. The number of anilines is 2.